The molecular weight excluding hydrogens is 406 g/mol. The Morgan fingerprint density at radius 3 is 2.53 bits per heavy atom. The number of hydrogen-bond donors (Lipinski definition) is 3. The molecule has 8 nitrogen and oxygen atoms in total. The Balaban J connectivity index is 1.55. The molecule has 1 aromatic carbocycles. The van der Waals surface area contributed by atoms with Crippen molar-refractivity contribution in [3.63, 3.8) is 0 Å². The minimum Gasteiger partial charge on any atom is -0.385 e. The van der Waals surface area contributed by atoms with E-state index in [9.17, 15) is 18.3 Å². The summed E-state index contributed by atoms with van der Waals surface area (Å²) in [6.45, 7) is 0.450. The van der Waals surface area contributed by atoms with Crippen LogP contribution in [-0.2, 0) is 20.4 Å². The molecule has 0 bridgehead atoms. The van der Waals surface area contributed by atoms with Gasteiger partial charge >= 0.3 is 0 Å². The SMILES string of the molecule is COCCNS(=O)(=O)c1ccc(C(=O)NC2CCC(O)(c3cccnc3)CC2)cc1. The summed E-state index contributed by atoms with van der Waals surface area (Å²) in [6, 6.07) is 9.43. The third kappa shape index (κ3) is 5.42. The van der Waals surface area contributed by atoms with E-state index in [1.165, 1.54) is 31.4 Å². The van der Waals surface area contributed by atoms with Crippen molar-refractivity contribution in [1.29, 1.82) is 0 Å². The first-order valence-electron chi connectivity index (χ1n) is 9.86. The first-order chi connectivity index (χ1) is 14.3. The lowest BCUT2D eigenvalue weighted by Gasteiger charge is -2.36. The van der Waals surface area contributed by atoms with Crippen LogP contribution in [0.2, 0.25) is 0 Å². The van der Waals surface area contributed by atoms with Crippen molar-refractivity contribution in [3.05, 3.63) is 59.9 Å². The number of carbonyl (C=O) groups excluding carboxylic acids is 1. The molecule has 2 aromatic rings. The predicted molar refractivity (Wildman–Crippen MR) is 111 cm³/mol. The number of rotatable bonds is 8. The summed E-state index contributed by atoms with van der Waals surface area (Å²) < 4.78 is 31.6. The maximum absolute atomic E-state index is 12.6. The maximum atomic E-state index is 12.6. The van der Waals surface area contributed by atoms with Gasteiger partial charge in [-0.2, -0.15) is 0 Å². The summed E-state index contributed by atoms with van der Waals surface area (Å²) in [5.41, 5.74) is 0.269. The molecule has 9 heteroatoms. The maximum Gasteiger partial charge on any atom is 0.251 e. The molecule has 1 aliphatic rings. The van der Waals surface area contributed by atoms with Crippen molar-refractivity contribution >= 4 is 15.9 Å². The third-order valence-electron chi connectivity index (χ3n) is 5.37. The Labute approximate surface area is 176 Å². The molecule has 162 valence electrons. The van der Waals surface area contributed by atoms with Gasteiger partial charge in [-0.3, -0.25) is 9.78 Å². The van der Waals surface area contributed by atoms with Crippen LogP contribution in [0.3, 0.4) is 0 Å². The first kappa shape index (κ1) is 22.4. The molecule has 0 saturated heterocycles. The molecule has 0 spiro atoms. The molecule has 0 radical (unpaired) electrons. The van der Waals surface area contributed by atoms with Crippen molar-refractivity contribution < 1.29 is 23.1 Å². The molecule has 30 heavy (non-hydrogen) atoms. The Morgan fingerprint density at radius 1 is 1.23 bits per heavy atom. The van der Waals surface area contributed by atoms with Gasteiger partial charge in [0.1, 0.15) is 0 Å². The highest BCUT2D eigenvalue weighted by atomic mass is 32.2. The van der Waals surface area contributed by atoms with Crippen LogP contribution >= 0.6 is 0 Å². The number of aromatic nitrogens is 1. The summed E-state index contributed by atoms with van der Waals surface area (Å²) in [5.74, 6) is -0.261. The Bertz CT molecular complexity index is 940. The number of aliphatic hydroxyl groups is 1. The van der Waals surface area contributed by atoms with Crippen LogP contribution in [0.4, 0.5) is 0 Å². The number of ether oxygens (including phenoxy) is 1. The van der Waals surface area contributed by atoms with Crippen molar-refractivity contribution in [2.45, 2.75) is 42.2 Å². The second kappa shape index (κ2) is 9.65. The molecule has 0 unspecified atom stereocenters. The van der Waals surface area contributed by atoms with Gasteiger partial charge in [0, 0.05) is 43.2 Å². The average molecular weight is 434 g/mol. The van der Waals surface area contributed by atoms with Crippen LogP contribution in [0.25, 0.3) is 0 Å². The molecule has 1 aromatic heterocycles. The monoisotopic (exact) mass is 433 g/mol. The molecule has 1 fully saturated rings. The van der Waals surface area contributed by atoms with E-state index in [-0.39, 0.29) is 30.0 Å². The van der Waals surface area contributed by atoms with Gasteiger partial charge in [0.05, 0.1) is 17.1 Å². The lowest BCUT2D eigenvalue weighted by Crippen LogP contribution is -2.42. The molecule has 1 amide bonds. The van der Waals surface area contributed by atoms with Crippen LogP contribution in [0.1, 0.15) is 41.6 Å². The number of benzene rings is 1. The molecule has 0 atom stereocenters. The lowest BCUT2D eigenvalue weighted by atomic mass is 9.78. The zero-order chi connectivity index (χ0) is 21.6. The fourth-order valence-corrected chi connectivity index (χ4v) is 4.60. The summed E-state index contributed by atoms with van der Waals surface area (Å²) >= 11 is 0. The van der Waals surface area contributed by atoms with Gasteiger partial charge in [-0.25, -0.2) is 13.1 Å². The second-order valence-electron chi connectivity index (χ2n) is 7.44. The number of pyridine rings is 1. The van der Waals surface area contributed by atoms with Gasteiger partial charge in [0.15, 0.2) is 0 Å². The molecule has 1 aliphatic carbocycles. The minimum absolute atomic E-state index is 0.0476. The van der Waals surface area contributed by atoms with E-state index < -0.39 is 15.6 Å². The van der Waals surface area contributed by atoms with Crippen LogP contribution in [0.5, 0.6) is 0 Å². The van der Waals surface area contributed by atoms with E-state index in [1.54, 1.807) is 18.5 Å². The fraction of sp³-hybridized carbons (Fsp3) is 0.429. The van der Waals surface area contributed by atoms with Crippen molar-refractivity contribution in [1.82, 2.24) is 15.0 Å². The van der Waals surface area contributed by atoms with Gasteiger partial charge in [-0.15, -0.1) is 0 Å². The highest BCUT2D eigenvalue weighted by Crippen LogP contribution is 2.36. The topological polar surface area (TPSA) is 118 Å². The number of carbonyl (C=O) groups is 1. The van der Waals surface area contributed by atoms with E-state index >= 15 is 0 Å². The van der Waals surface area contributed by atoms with Crippen LogP contribution in [-0.4, -0.2) is 50.7 Å². The summed E-state index contributed by atoms with van der Waals surface area (Å²) in [5, 5.41) is 13.8. The first-order valence-corrected chi connectivity index (χ1v) is 11.3. The molecule has 1 heterocycles. The van der Waals surface area contributed by atoms with E-state index in [2.05, 4.69) is 15.0 Å². The molecule has 0 aliphatic heterocycles. The van der Waals surface area contributed by atoms with E-state index in [0.29, 0.717) is 31.2 Å². The Kier molecular flexibility index (Phi) is 7.19. The standard InChI is InChI=1S/C21H27N3O5S/c1-29-14-13-23-30(27,28)19-6-4-16(5-7-19)20(25)24-18-8-10-21(26,11-9-18)17-3-2-12-22-15-17/h2-7,12,15,18,23,26H,8-11,13-14H2,1H3,(H,24,25). The van der Waals surface area contributed by atoms with E-state index in [1.807, 2.05) is 6.07 Å². The quantitative estimate of drug-likeness (QED) is 0.544. The number of amides is 1. The van der Waals surface area contributed by atoms with Gasteiger partial charge in [0.25, 0.3) is 5.91 Å². The average Bonchev–Trinajstić information content (AvgIpc) is 2.76. The van der Waals surface area contributed by atoms with Gasteiger partial charge in [-0.1, -0.05) is 6.07 Å². The largest absolute Gasteiger partial charge is 0.385 e. The van der Waals surface area contributed by atoms with Crippen LogP contribution < -0.4 is 10.0 Å². The molecular formula is C21H27N3O5S. The normalized spacial score (nSPS) is 21.9. The van der Waals surface area contributed by atoms with Gasteiger partial charge in [-0.05, 0) is 56.0 Å². The lowest BCUT2D eigenvalue weighted by molar-refractivity contribution is -0.00831. The highest BCUT2D eigenvalue weighted by molar-refractivity contribution is 7.89. The molecule has 3 N–H and O–H groups in total. The summed E-state index contributed by atoms with van der Waals surface area (Å²) in [6.07, 6.45) is 5.71. The zero-order valence-corrected chi connectivity index (χ0v) is 17.7. The Morgan fingerprint density at radius 2 is 1.93 bits per heavy atom. The molecule has 1 saturated carbocycles. The number of hydrogen-bond acceptors (Lipinski definition) is 6. The molecule has 3 rings (SSSR count). The summed E-state index contributed by atoms with van der Waals surface area (Å²) in [7, 11) is -2.14. The van der Waals surface area contributed by atoms with Crippen molar-refractivity contribution in [2.24, 2.45) is 0 Å². The highest BCUT2D eigenvalue weighted by Gasteiger charge is 2.35. The van der Waals surface area contributed by atoms with Gasteiger partial charge < -0.3 is 15.2 Å². The predicted octanol–water partition coefficient (Wildman–Crippen LogP) is 1.57. The second-order valence-corrected chi connectivity index (χ2v) is 9.20. The van der Waals surface area contributed by atoms with E-state index in [4.69, 9.17) is 4.74 Å². The van der Waals surface area contributed by atoms with E-state index in [0.717, 1.165) is 5.56 Å². The van der Waals surface area contributed by atoms with Gasteiger partial charge in [0.2, 0.25) is 10.0 Å². The fourth-order valence-electron chi connectivity index (χ4n) is 3.58. The number of nitrogens with one attached hydrogen (secondary N) is 2. The van der Waals surface area contributed by atoms with Crippen LogP contribution in [0.15, 0.2) is 53.7 Å². The Hall–Kier alpha value is -2.33. The van der Waals surface area contributed by atoms with Crippen LogP contribution in [0, 0.1) is 0 Å². The minimum atomic E-state index is -3.64. The zero-order valence-electron chi connectivity index (χ0n) is 16.9. The summed E-state index contributed by atoms with van der Waals surface area (Å²) in [4.78, 5) is 16.7. The number of methoxy groups -OCH3 is 1. The van der Waals surface area contributed by atoms with Crippen molar-refractivity contribution in [3.8, 4) is 0 Å². The number of nitrogens with zero attached hydrogens (tertiary/aromatic N) is 1. The van der Waals surface area contributed by atoms with Crippen molar-refractivity contribution in [2.75, 3.05) is 20.3 Å². The third-order valence-corrected chi connectivity index (χ3v) is 6.85. The smallest absolute Gasteiger partial charge is 0.251 e. The number of sulfonamides is 1.